The van der Waals surface area contributed by atoms with E-state index in [4.69, 9.17) is 0 Å². The predicted molar refractivity (Wildman–Crippen MR) is 133 cm³/mol. The van der Waals surface area contributed by atoms with E-state index in [1.165, 1.54) is 32.1 Å². The van der Waals surface area contributed by atoms with Crippen molar-refractivity contribution in [2.24, 2.45) is 4.99 Å². The molecule has 3 aliphatic rings. The number of piperazine rings is 1. The molecule has 1 N–H and O–H groups in total. The average Bonchev–Trinajstić information content (AvgIpc) is 2.72. The lowest BCUT2D eigenvalue weighted by atomic mass is 9.66. The number of hydrogen-bond acceptors (Lipinski definition) is 3. The summed E-state index contributed by atoms with van der Waals surface area (Å²) in [5, 5.41) is 3.71. The lowest BCUT2D eigenvalue weighted by Gasteiger charge is -2.47. The highest BCUT2D eigenvalue weighted by molar-refractivity contribution is 14.0. The third kappa shape index (κ3) is 4.90. The number of aliphatic imine (C=N–C) groups is 1. The van der Waals surface area contributed by atoms with Gasteiger partial charge >= 0.3 is 0 Å². The van der Waals surface area contributed by atoms with Crippen molar-refractivity contribution in [3.63, 3.8) is 0 Å². The SMILES string of the molecule is CN=C(NCC1CN(C)CCN1C)N1CCCC2(CCCc3ccccc32)C1.I. The summed E-state index contributed by atoms with van der Waals surface area (Å²) in [4.78, 5) is 12.1. The predicted octanol–water partition coefficient (Wildman–Crippen LogP) is 2.80. The van der Waals surface area contributed by atoms with Crippen molar-refractivity contribution in [3.05, 3.63) is 35.4 Å². The summed E-state index contributed by atoms with van der Waals surface area (Å²) in [7, 11) is 6.41. The van der Waals surface area contributed by atoms with E-state index in [0.717, 1.165) is 45.2 Å². The summed E-state index contributed by atoms with van der Waals surface area (Å²) in [5.74, 6) is 1.09. The minimum Gasteiger partial charge on any atom is -0.355 e. The summed E-state index contributed by atoms with van der Waals surface area (Å²) in [6.45, 7) is 6.61. The van der Waals surface area contributed by atoms with Gasteiger partial charge in [0.05, 0.1) is 0 Å². The molecule has 2 atom stereocenters. The zero-order valence-electron chi connectivity index (χ0n) is 18.4. The molecule has 0 radical (unpaired) electrons. The van der Waals surface area contributed by atoms with Crippen LogP contribution in [0.3, 0.4) is 0 Å². The molecule has 1 spiro atoms. The van der Waals surface area contributed by atoms with Crippen LogP contribution in [0.2, 0.25) is 0 Å². The third-order valence-electron chi connectivity index (χ3n) is 7.25. The second-order valence-corrected chi connectivity index (χ2v) is 9.14. The maximum atomic E-state index is 4.67. The Kier molecular flexibility index (Phi) is 7.84. The van der Waals surface area contributed by atoms with E-state index in [2.05, 4.69) is 63.4 Å². The van der Waals surface area contributed by atoms with E-state index in [-0.39, 0.29) is 24.0 Å². The van der Waals surface area contributed by atoms with Crippen LogP contribution in [0.25, 0.3) is 0 Å². The van der Waals surface area contributed by atoms with Gasteiger partial charge < -0.3 is 15.1 Å². The standard InChI is InChI=1S/C23H37N5.HI/c1-24-22(25-16-20-17-26(2)14-15-27(20)3)28-13-7-12-23(18-28)11-6-9-19-8-4-5-10-21(19)23;/h4-5,8,10,20H,6-7,9,11-18H2,1-3H3,(H,24,25);1H. The fourth-order valence-electron chi connectivity index (χ4n) is 5.61. The number of likely N-dealkylation sites (tertiary alicyclic amines) is 1. The van der Waals surface area contributed by atoms with Crippen LogP contribution in [0.4, 0.5) is 0 Å². The fraction of sp³-hybridized carbons (Fsp3) is 0.696. The van der Waals surface area contributed by atoms with E-state index in [1.54, 1.807) is 11.1 Å². The molecule has 6 heteroatoms. The minimum atomic E-state index is 0. The van der Waals surface area contributed by atoms with Crippen LogP contribution in [0, 0.1) is 0 Å². The molecular weight excluding hydrogens is 473 g/mol. The molecule has 2 unspecified atom stereocenters. The first kappa shape index (κ1) is 22.8. The molecule has 2 aliphatic heterocycles. The molecule has 2 fully saturated rings. The Hall–Kier alpha value is -0.860. The topological polar surface area (TPSA) is 34.1 Å². The maximum Gasteiger partial charge on any atom is 0.193 e. The lowest BCUT2D eigenvalue weighted by molar-refractivity contribution is 0.115. The molecule has 0 aromatic heterocycles. The van der Waals surface area contributed by atoms with Crippen molar-refractivity contribution in [1.29, 1.82) is 0 Å². The molecule has 1 aromatic carbocycles. The highest BCUT2D eigenvalue weighted by Gasteiger charge is 2.40. The molecular formula is C23H38IN5. The molecule has 4 rings (SSSR count). The van der Waals surface area contributed by atoms with Gasteiger partial charge in [-0.15, -0.1) is 24.0 Å². The second-order valence-electron chi connectivity index (χ2n) is 9.14. The van der Waals surface area contributed by atoms with Crippen molar-refractivity contribution >= 4 is 29.9 Å². The summed E-state index contributed by atoms with van der Waals surface area (Å²) in [5.41, 5.74) is 3.49. The van der Waals surface area contributed by atoms with Gasteiger partial charge in [-0.1, -0.05) is 24.3 Å². The first-order valence-electron chi connectivity index (χ1n) is 11.0. The normalized spacial score (nSPS) is 28.7. The van der Waals surface area contributed by atoms with Crippen LogP contribution in [0.1, 0.15) is 36.8 Å². The molecule has 0 saturated carbocycles. The molecule has 0 bridgehead atoms. The van der Waals surface area contributed by atoms with Crippen LogP contribution in [0.5, 0.6) is 0 Å². The van der Waals surface area contributed by atoms with Crippen molar-refractivity contribution in [3.8, 4) is 0 Å². The summed E-state index contributed by atoms with van der Waals surface area (Å²) in [6, 6.07) is 9.72. The third-order valence-corrected chi connectivity index (χ3v) is 7.25. The van der Waals surface area contributed by atoms with Crippen molar-refractivity contribution in [2.45, 2.75) is 43.6 Å². The number of hydrogen-bond donors (Lipinski definition) is 1. The summed E-state index contributed by atoms with van der Waals surface area (Å²) < 4.78 is 0. The number of benzene rings is 1. The lowest BCUT2D eigenvalue weighted by Crippen LogP contribution is -2.57. The molecule has 2 heterocycles. The summed E-state index contributed by atoms with van der Waals surface area (Å²) in [6.07, 6.45) is 6.44. The number of piperidine rings is 1. The van der Waals surface area contributed by atoms with Crippen molar-refractivity contribution in [2.75, 3.05) is 60.4 Å². The van der Waals surface area contributed by atoms with E-state index in [9.17, 15) is 0 Å². The molecule has 29 heavy (non-hydrogen) atoms. The molecule has 1 aliphatic carbocycles. The van der Waals surface area contributed by atoms with E-state index >= 15 is 0 Å². The molecule has 0 amide bonds. The Bertz CT molecular complexity index is 708. The highest BCUT2D eigenvalue weighted by Crippen LogP contribution is 2.43. The van der Waals surface area contributed by atoms with Gasteiger partial charge in [-0.05, 0) is 57.3 Å². The molecule has 2 saturated heterocycles. The zero-order valence-corrected chi connectivity index (χ0v) is 20.7. The highest BCUT2D eigenvalue weighted by atomic mass is 127. The number of likely N-dealkylation sites (N-methyl/N-ethyl adjacent to an activating group) is 2. The fourth-order valence-corrected chi connectivity index (χ4v) is 5.61. The van der Waals surface area contributed by atoms with Crippen LogP contribution in [0.15, 0.2) is 29.3 Å². The Morgan fingerprint density at radius 1 is 1.14 bits per heavy atom. The molecule has 5 nitrogen and oxygen atoms in total. The Morgan fingerprint density at radius 2 is 1.93 bits per heavy atom. The number of nitrogens with one attached hydrogen (secondary N) is 1. The van der Waals surface area contributed by atoms with Gasteiger partial charge in [0, 0.05) is 57.8 Å². The van der Waals surface area contributed by atoms with Crippen molar-refractivity contribution in [1.82, 2.24) is 20.0 Å². The van der Waals surface area contributed by atoms with Crippen molar-refractivity contribution < 1.29 is 0 Å². The second kappa shape index (κ2) is 9.96. The largest absolute Gasteiger partial charge is 0.355 e. The first-order valence-corrected chi connectivity index (χ1v) is 11.0. The first-order chi connectivity index (χ1) is 13.6. The van der Waals surface area contributed by atoms with Gasteiger partial charge in [0.25, 0.3) is 0 Å². The van der Waals surface area contributed by atoms with Crippen LogP contribution < -0.4 is 5.32 Å². The maximum absolute atomic E-state index is 4.67. The average molecular weight is 511 g/mol. The van der Waals surface area contributed by atoms with Gasteiger partial charge in [-0.2, -0.15) is 0 Å². The van der Waals surface area contributed by atoms with Gasteiger partial charge in [-0.25, -0.2) is 0 Å². The summed E-state index contributed by atoms with van der Waals surface area (Å²) >= 11 is 0. The number of nitrogens with zero attached hydrogens (tertiary/aromatic N) is 4. The van der Waals surface area contributed by atoms with Crippen LogP contribution in [-0.2, 0) is 11.8 Å². The monoisotopic (exact) mass is 511 g/mol. The van der Waals surface area contributed by atoms with Crippen LogP contribution >= 0.6 is 24.0 Å². The number of rotatable bonds is 2. The van der Waals surface area contributed by atoms with Gasteiger partial charge in [-0.3, -0.25) is 9.89 Å². The van der Waals surface area contributed by atoms with Gasteiger partial charge in [0.15, 0.2) is 5.96 Å². The number of fused-ring (bicyclic) bond motifs is 2. The number of aryl methyl sites for hydroxylation is 1. The van der Waals surface area contributed by atoms with E-state index in [0.29, 0.717) is 11.5 Å². The number of halogens is 1. The van der Waals surface area contributed by atoms with E-state index < -0.39 is 0 Å². The van der Waals surface area contributed by atoms with E-state index in [1.807, 2.05) is 7.05 Å². The smallest absolute Gasteiger partial charge is 0.193 e. The molecule has 1 aromatic rings. The molecule has 162 valence electrons. The van der Waals surface area contributed by atoms with Gasteiger partial charge in [0.2, 0.25) is 0 Å². The zero-order chi connectivity index (χ0) is 19.6. The Labute approximate surface area is 193 Å². The minimum absolute atomic E-state index is 0. The Morgan fingerprint density at radius 3 is 2.76 bits per heavy atom. The quantitative estimate of drug-likeness (QED) is 0.376. The Balaban J connectivity index is 0.00000240. The number of guanidine groups is 1. The van der Waals surface area contributed by atoms with Crippen LogP contribution in [-0.4, -0.2) is 87.1 Å². The van der Waals surface area contributed by atoms with Gasteiger partial charge in [0.1, 0.15) is 0 Å².